The number of aliphatic hydroxyl groups is 1. The van der Waals surface area contributed by atoms with Gasteiger partial charge in [0.25, 0.3) is 5.91 Å². The Labute approximate surface area is 284 Å². The molecule has 4 N–H and O–H groups in total. The summed E-state index contributed by atoms with van der Waals surface area (Å²) in [6.07, 6.45) is -1.32. The first-order valence-corrected chi connectivity index (χ1v) is 15.4. The van der Waals surface area contributed by atoms with E-state index >= 15 is 0 Å². The SMILES string of the molecule is [2H]C([2H])([2H])C([2H])(C([2H])([2H])[2H])C([2H])(C(=O)N[C@H](Cc1ccccc1)C[C@@H](O)[C@@H](Cc1ccccc1)NC(=O)COc1c(C)cccc1C)N1CCCNC1=O. The molecule has 1 fully saturated rings. The lowest BCUT2D eigenvalue weighted by Crippen LogP contribution is -2.59. The van der Waals surface area contributed by atoms with E-state index < -0.39 is 61.6 Å². The van der Waals surface area contributed by atoms with E-state index in [-0.39, 0.29) is 45.4 Å². The van der Waals surface area contributed by atoms with E-state index in [1.165, 1.54) is 0 Å². The Morgan fingerprint density at radius 1 is 0.957 bits per heavy atom. The van der Waals surface area contributed by atoms with E-state index in [9.17, 15) is 20.9 Å². The molecule has 246 valence electrons. The molecule has 46 heavy (non-hydrogen) atoms. The average molecular weight is 637 g/mol. The van der Waals surface area contributed by atoms with Gasteiger partial charge in [-0.1, -0.05) is 92.6 Å². The van der Waals surface area contributed by atoms with Gasteiger partial charge in [-0.2, -0.15) is 0 Å². The maximum atomic E-state index is 14.4. The second kappa shape index (κ2) is 16.8. The Balaban J connectivity index is 1.69. The van der Waals surface area contributed by atoms with Crippen LogP contribution < -0.4 is 20.7 Å². The van der Waals surface area contributed by atoms with Gasteiger partial charge in [-0.3, -0.25) is 9.59 Å². The zero-order chi connectivity index (χ0) is 39.9. The number of rotatable bonds is 15. The van der Waals surface area contributed by atoms with Gasteiger partial charge in [-0.05, 0) is 67.7 Å². The molecule has 4 amide bonds. The zero-order valence-electron chi connectivity index (χ0n) is 34.2. The van der Waals surface area contributed by atoms with Gasteiger partial charge in [0.15, 0.2) is 6.61 Å². The first-order chi connectivity index (χ1) is 25.3. The van der Waals surface area contributed by atoms with E-state index in [0.29, 0.717) is 16.2 Å². The summed E-state index contributed by atoms with van der Waals surface area (Å²) in [7, 11) is 0. The van der Waals surface area contributed by atoms with Gasteiger partial charge in [0.05, 0.1) is 13.5 Å². The summed E-state index contributed by atoms with van der Waals surface area (Å²) in [5, 5.41) is 19.7. The van der Waals surface area contributed by atoms with Crippen LogP contribution >= 0.6 is 0 Å². The lowest BCUT2D eigenvalue weighted by molar-refractivity contribution is -0.128. The maximum absolute atomic E-state index is 14.4. The predicted octanol–water partition coefficient (Wildman–Crippen LogP) is 4.33. The van der Waals surface area contributed by atoms with Crippen LogP contribution in [-0.2, 0) is 22.4 Å². The number of nitrogens with one attached hydrogen (secondary N) is 3. The van der Waals surface area contributed by atoms with Gasteiger partial charge in [0.2, 0.25) is 5.91 Å². The fraction of sp³-hybridized carbons (Fsp3) is 0.432. The molecule has 1 unspecified atom stereocenters. The van der Waals surface area contributed by atoms with Gasteiger partial charge in [0, 0.05) is 28.7 Å². The van der Waals surface area contributed by atoms with E-state index in [4.69, 9.17) is 14.3 Å². The molecule has 4 rings (SSSR count). The smallest absolute Gasteiger partial charge is 0.318 e. The Bertz CT molecular complexity index is 1710. The summed E-state index contributed by atoms with van der Waals surface area (Å²) in [4.78, 5) is 41.4. The Morgan fingerprint density at radius 2 is 1.59 bits per heavy atom. The summed E-state index contributed by atoms with van der Waals surface area (Å²) >= 11 is 0. The second-order valence-corrected chi connectivity index (χ2v) is 11.5. The molecule has 4 atom stereocenters. The number of aliphatic hydroxyl groups excluding tert-OH is 1. The predicted molar refractivity (Wildman–Crippen MR) is 180 cm³/mol. The van der Waals surface area contributed by atoms with Gasteiger partial charge in [-0.25, -0.2) is 4.79 Å². The lowest BCUT2D eigenvalue weighted by Gasteiger charge is -2.37. The summed E-state index contributed by atoms with van der Waals surface area (Å²) in [6, 6.07) is 16.8. The Hall–Kier alpha value is -4.37. The molecule has 1 heterocycles. The molecular weight excluding hydrogens is 580 g/mol. The van der Waals surface area contributed by atoms with Crippen LogP contribution in [0.4, 0.5) is 4.79 Å². The third-order valence-corrected chi connectivity index (χ3v) is 7.85. The minimum absolute atomic E-state index is 0.0140. The lowest BCUT2D eigenvalue weighted by atomic mass is 9.92. The van der Waals surface area contributed by atoms with Crippen molar-refractivity contribution < 1.29 is 35.2 Å². The third kappa shape index (κ3) is 9.81. The minimum atomic E-state index is -3.80. The number of amides is 4. The monoisotopic (exact) mass is 636 g/mol. The highest BCUT2D eigenvalue weighted by Crippen LogP contribution is 2.22. The highest BCUT2D eigenvalue weighted by atomic mass is 16.5. The van der Waals surface area contributed by atoms with E-state index in [2.05, 4.69) is 16.0 Å². The van der Waals surface area contributed by atoms with Crippen LogP contribution in [0, 0.1) is 19.7 Å². The molecular formula is C37H48N4O5. The number of para-hydroxylation sites is 1. The topological polar surface area (TPSA) is 120 Å². The van der Waals surface area contributed by atoms with Crippen molar-refractivity contribution in [3.8, 4) is 5.75 Å². The maximum Gasteiger partial charge on any atom is 0.318 e. The number of hydrogen-bond acceptors (Lipinski definition) is 5. The molecule has 0 aliphatic carbocycles. The van der Waals surface area contributed by atoms with Crippen LogP contribution in [0.15, 0.2) is 78.9 Å². The largest absolute Gasteiger partial charge is 0.483 e. The Kier molecular flexibility index (Phi) is 9.06. The van der Waals surface area contributed by atoms with Gasteiger partial charge < -0.3 is 30.7 Å². The normalized spacial score (nSPS) is 19.8. The number of urea groups is 1. The second-order valence-electron chi connectivity index (χ2n) is 11.5. The van der Waals surface area contributed by atoms with Crippen molar-refractivity contribution in [1.29, 1.82) is 0 Å². The summed E-state index contributed by atoms with van der Waals surface area (Å²) in [5.74, 6) is -5.29. The molecule has 9 heteroatoms. The van der Waals surface area contributed by atoms with Crippen LogP contribution in [0.2, 0.25) is 0 Å². The fourth-order valence-electron chi connectivity index (χ4n) is 5.58. The number of hydrogen-bond donors (Lipinski definition) is 4. The summed E-state index contributed by atoms with van der Waals surface area (Å²) < 4.78 is 72.9. The van der Waals surface area contributed by atoms with E-state index in [1.807, 2.05) is 50.2 Å². The van der Waals surface area contributed by atoms with Crippen molar-refractivity contribution in [3.63, 3.8) is 0 Å². The van der Waals surface area contributed by atoms with Crippen molar-refractivity contribution in [3.05, 3.63) is 101 Å². The average Bonchev–Trinajstić information content (AvgIpc) is 3.10. The summed E-state index contributed by atoms with van der Waals surface area (Å²) in [5.41, 5.74) is 3.11. The molecule has 0 bridgehead atoms. The molecule has 1 aliphatic heterocycles. The molecule has 0 aromatic heterocycles. The molecule has 1 aliphatic rings. The third-order valence-electron chi connectivity index (χ3n) is 7.85. The Morgan fingerprint density at radius 3 is 2.20 bits per heavy atom. The molecule has 9 nitrogen and oxygen atoms in total. The van der Waals surface area contributed by atoms with Crippen LogP contribution in [0.5, 0.6) is 5.75 Å². The van der Waals surface area contributed by atoms with Crippen molar-refractivity contribution in [1.82, 2.24) is 20.9 Å². The standard InChI is InChI=1S/C37H48N4O5/c1-25(2)34(41-20-12-19-38-37(41)45)36(44)39-30(21-28-15-7-5-8-16-28)23-32(42)31(22-29-17-9-6-10-18-29)40-33(43)24-46-35-26(3)13-11-14-27(35)4/h5-11,13-18,25,30-32,34,42H,12,19-24H2,1-4H3,(H,38,45)(H,39,44)(H,40,43)/t30-,31-,32-,34?/m1/s1/i1D3,2D3,25D,34D. The molecule has 3 aromatic carbocycles. The molecule has 0 radical (unpaired) electrons. The van der Waals surface area contributed by atoms with Gasteiger partial charge in [0.1, 0.15) is 11.8 Å². The molecule has 0 spiro atoms. The quantitative estimate of drug-likeness (QED) is 0.198. The molecule has 1 saturated heterocycles. The van der Waals surface area contributed by atoms with Crippen molar-refractivity contribution in [2.75, 3.05) is 19.7 Å². The molecule has 0 saturated carbocycles. The number of benzene rings is 3. The summed E-state index contributed by atoms with van der Waals surface area (Å²) in [6.45, 7) is -4.37. The highest BCUT2D eigenvalue weighted by molar-refractivity contribution is 5.87. The zero-order valence-corrected chi connectivity index (χ0v) is 26.2. The van der Waals surface area contributed by atoms with Crippen molar-refractivity contribution in [2.24, 2.45) is 5.89 Å². The first kappa shape index (κ1) is 24.8. The van der Waals surface area contributed by atoms with Crippen LogP contribution in [0.3, 0.4) is 0 Å². The number of aryl methyl sites for hydroxylation is 2. The van der Waals surface area contributed by atoms with Gasteiger partial charge in [-0.15, -0.1) is 0 Å². The van der Waals surface area contributed by atoms with Crippen LogP contribution in [-0.4, -0.2) is 71.8 Å². The van der Waals surface area contributed by atoms with Crippen LogP contribution in [0.1, 0.15) is 59.8 Å². The van der Waals surface area contributed by atoms with E-state index in [1.54, 1.807) is 42.5 Å². The van der Waals surface area contributed by atoms with Gasteiger partial charge >= 0.3 is 6.03 Å². The first-order valence-electron chi connectivity index (χ1n) is 19.4. The van der Waals surface area contributed by atoms with E-state index in [0.717, 1.165) is 16.7 Å². The number of carbonyl (C=O) groups excluding carboxylic acids is 3. The highest BCUT2D eigenvalue weighted by Gasteiger charge is 2.35. The van der Waals surface area contributed by atoms with Crippen molar-refractivity contribution in [2.45, 2.75) is 77.4 Å². The number of nitrogens with zero attached hydrogens (tertiary/aromatic N) is 1. The fourth-order valence-corrected chi connectivity index (χ4v) is 5.58. The number of ether oxygens (including phenoxy) is 1. The van der Waals surface area contributed by atoms with Crippen LogP contribution in [0.25, 0.3) is 0 Å². The van der Waals surface area contributed by atoms with Crippen molar-refractivity contribution >= 4 is 17.8 Å². The minimum Gasteiger partial charge on any atom is -0.483 e. The molecule has 3 aromatic rings. The number of carbonyl (C=O) groups is 3.